The monoisotopic (exact) mass is 389 g/mol. The summed E-state index contributed by atoms with van der Waals surface area (Å²) in [6, 6.07) is 7.44. The van der Waals surface area contributed by atoms with Crippen LogP contribution in [0.4, 0.5) is 10.8 Å². The van der Waals surface area contributed by atoms with Crippen molar-refractivity contribution in [2.45, 2.75) is 26.2 Å². The molecule has 0 saturated carbocycles. The lowest BCUT2D eigenvalue weighted by Crippen LogP contribution is -2.48. The summed E-state index contributed by atoms with van der Waals surface area (Å²) in [5, 5.41) is 3.90. The Hall–Kier alpha value is -2.19. The number of anilines is 2. The molecule has 1 aliphatic rings. The molecule has 1 amide bonds. The molecule has 1 aromatic carbocycles. The molecule has 8 heteroatoms. The topological polar surface area (TPSA) is 70.6 Å². The largest absolute Gasteiger partial charge is 0.495 e. The first kappa shape index (κ1) is 19.6. The molecule has 1 saturated heterocycles. The van der Waals surface area contributed by atoms with E-state index in [0.717, 1.165) is 37.1 Å². The van der Waals surface area contributed by atoms with Gasteiger partial charge >= 0.3 is 0 Å². The quantitative estimate of drug-likeness (QED) is 0.848. The molecule has 0 bridgehead atoms. The normalized spacial score (nSPS) is 15.6. The zero-order valence-electron chi connectivity index (χ0n) is 16.4. The summed E-state index contributed by atoms with van der Waals surface area (Å²) in [5.41, 5.74) is 0.667. The van der Waals surface area contributed by atoms with Gasteiger partial charge in [0.1, 0.15) is 11.6 Å². The van der Waals surface area contributed by atoms with Gasteiger partial charge in [0.2, 0.25) is 11.0 Å². The fourth-order valence-corrected chi connectivity index (χ4v) is 3.79. The second kappa shape index (κ2) is 8.22. The van der Waals surface area contributed by atoms with Crippen molar-refractivity contribution in [1.29, 1.82) is 0 Å². The van der Waals surface area contributed by atoms with Crippen LogP contribution in [-0.2, 0) is 10.2 Å². The number of carbonyl (C=O) groups is 1. The van der Waals surface area contributed by atoms with Gasteiger partial charge in [-0.1, -0.05) is 32.9 Å². The molecule has 1 aliphatic heterocycles. The summed E-state index contributed by atoms with van der Waals surface area (Å²) in [4.78, 5) is 21.5. The summed E-state index contributed by atoms with van der Waals surface area (Å²) < 4.78 is 9.77. The molecule has 27 heavy (non-hydrogen) atoms. The van der Waals surface area contributed by atoms with E-state index in [0.29, 0.717) is 18.0 Å². The summed E-state index contributed by atoms with van der Waals surface area (Å²) in [6.07, 6.45) is 0. The Balaban J connectivity index is 1.50. The van der Waals surface area contributed by atoms with Crippen LogP contribution in [0.5, 0.6) is 5.75 Å². The Bertz CT molecular complexity index is 778. The van der Waals surface area contributed by atoms with Gasteiger partial charge in [0.25, 0.3) is 0 Å². The third-order valence-corrected chi connectivity index (χ3v) is 5.25. The van der Waals surface area contributed by atoms with Gasteiger partial charge in [-0.2, -0.15) is 4.37 Å². The molecule has 1 fully saturated rings. The van der Waals surface area contributed by atoms with Crippen LogP contribution in [0.1, 0.15) is 26.6 Å². The van der Waals surface area contributed by atoms with Crippen LogP contribution in [0, 0.1) is 0 Å². The van der Waals surface area contributed by atoms with E-state index in [1.807, 2.05) is 24.3 Å². The zero-order chi connectivity index (χ0) is 19.4. The number of piperazine rings is 1. The summed E-state index contributed by atoms with van der Waals surface area (Å²) in [7, 11) is 1.60. The van der Waals surface area contributed by atoms with Gasteiger partial charge in [-0.15, -0.1) is 0 Å². The molecular formula is C19H27N5O2S. The minimum Gasteiger partial charge on any atom is -0.495 e. The van der Waals surface area contributed by atoms with Gasteiger partial charge in [-0.3, -0.25) is 9.69 Å². The molecule has 0 spiro atoms. The Labute approximate surface area is 164 Å². The highest BCUT2D eigenvalue weighted by molar-refractivity contribution is 7.09. The molecule has 1 N–H and O–H groups in total. The van der Waals surface area contributed by atoms with Crippen molar-refractivity contribution in [2.75, 3.05) is 50.1 Å². The Morgan fingerprint density at radius 2 is 1.93 bits per heavy atom. The maximum atomic E-state index is 12.4. The van der Waals surface area contributed by atoms with Crippen molar-refractivity contribution >= 4 is 28.3 Å². The molecular weight excluding hydrogens is 362 g/mol. The lowest BCUT2D eigenvalue weighted by atomic mass is 9.96. The average molecular weight is 390 g/mol. The number of para-hydroxylation sites is 2. The highest BCUT2D eigenvalue weighted by atomic mass is 32.1. The number of benzene rings is 1. The van der Waals surface area contributed by atoms with Crippen molar-refractivity contribution < 1.29 is 9.53 Å². The zero-order valence-corrected chi connectivity index (χ0v) is 17.2. The maximum Gasteiger partial charge on any atom is 0.238 e. The first-order valence-electron chi connectivity index (χ1n) is 9.11. The van der Waals surface area contributed by atoms with Crippen LogP contribution in [0.25, 0.3) is 0 Å². The summed E-state index contributed by atoms with van der Waals surface area (Å²) in [6.45, 7) is 10.1. The van der Waals surface area contributed by atoms with Crippen molar-refractivity contribution in [3.63, 3.8) is 0 Å². The number of nitrogens with one attached hydrogen (secondary N) is 1. The van der Waals surface area contributed by atoms with E-state index < -0.39 is 0 Å². The standard InChI is InChI=1S/C19H27N5O2S/c1-19(2,3)17-21-18(27-22-17)24-11-9-23(10-12-24)13-16(25)20-14-7-5-6-8-15(14)26-4/h5-8H,9-13H2,1-4H3,(H,20,25). The van der Waals surface area contributed by atoms with Gasteiger partial charge < -0.3 is 15.0 Å². The SMILES string of the molecule is COc1ccccc1NC(=O)CN1CCN(c2nc(C(C)(C)C)ns2)CC1. The number of ether oxygens (including phenoxy) is 1. The van der Waals surface area contributed by atoms with Gasteiger partial charge in [0.05, 0.1) is 19.3 Å². The summed E-state index contributed by atoms with van der Waals surface area (Å²) >= 11 is 1.46. The number of rotatable bonds is 5. The van der Waals surface area contributed by atoms with Gasteiger partial charge in [-0.05, 0) is 12.1 Å². The second-order valence-electron chi connectivity index (χ2n) is 7.66. The van der Waals surface area contributed by atoms with Crippen molar-refractivity contribution in [3.05, 3.63) is 30.1 Å². The van der Waals surface area contributed by atoms with Crippen LogP contribution < -0.4 is 15.0 Å². The fourth-order valence-electron chi connectivity index (χ4n) is 2.89. The van der Waals surface area contributed by atoms with Crippen LogP contribution >= 0.6 is 11.5 Å². The smallest absolute Gasteiger partial charge is 0.238 e. The number of nitrogens with zero attached hydrogens (tertiary/aromatic N) is 4. The molecule has 1 aromatic heterocycles. The molecule has 7 nitrogen and oxygen atoms in total. The molecule has 0 atom stereocenters. The molecule has 2 heterocycles. The first-order valence-corrected chi connectivity index (χ1v) is 9.88. The Kier molecular flexibility index (Phi) is 5.96. The predicted molar refractivity (Wildman–Crippen MR) is 109 cm³/mol. The van der Waals surface area contributed by atoms with Crippen molar-refractivity contribution in [2.24, 2.45) is 0 Å². The van der Waals surface area contributed by atoms with E-state index in [-0.39, 0.29) is 11.3 Å². The van der Waals surface area contributed by atoms with E-state index in [2.05, 4.69) is 45.2 Å². The summed E-state index contributed by atoms with van der Waals surface area (Å²) in [5.74, 6) is 1.53. The third kappa shape index (κ3) is 4.95. The number of aromatic nitrogens is 2. The van der Waals surface area contributed by atoms with Gasteiger partial charge in [0, 0.05) is 43.1 Å². The van der Waals surface area contributed by atoms with Crippen LogP contribution in [0.15, 0.2) is 24.3 Å². The second-order valence-corrected chi connectivity index (χ2v) is 8.39. The number of hydrogen-bond acceptors (Lipinski definition) is 7. The van der Waals surface area contributed by atoms with E-state index in [1.54, 1.807) is 7.11 Å². The number of carbonyl (C=O) groups excluding carboxylic acids is 1. The maximum absolute atomic E-state index is 12.4. The fraction of sp³-hybridized carbons (Fsp3) is 0.526. The van der Waals surface area contributed by atoms with E-state index in [4.69, 9.17) is 4.74 Å². The van der Waals surface area contributed by atoms with Gasteiger partial charge in [0.15, 0.2) is 0 Å². The van der Waals surface area contributed by atoms with E-state index >= 15 is 0 Å². The number of hydrogen-bond donors (Lipinski definition) is 1. The molecule has 146 valence electrons. The van der Waals surface area contributed by atoms with Crippen molar-refractivity contribution in [3.8, 4) is 5.75 Å². The predicted octanol–water partition coefficient (Wildman–Crippen LogP) is 2.60. The van der Waals surface area contributed by atoms with Crippen molar-refractivity contribution in [1.82, 2.24) is 14.3 Å². The minimum atomic E-state index is -0.0346. The Morgan fingerprint density at radius 1 is 1.22 bits per heavy atom. The van der Waals surface area contributed by atoms with E-state index in [9.17, 15) is 4.79 Å². The third-order valence-electron chi connectivity index (χ3n) is 4.48. The molecule has 2 aromatic rings. The molecule has 3 rings (SSSR count). The first-order chi connectivity index (χ1) is 12.9. The lowest BCUT2D eigenvalue weighted by molar-refractivity contribution is -0.117. The lowest BCUT2D eigenvalue weighted by Gasteiger charge is -2.33. The van der Waals surface area contributed by atoms with E-state index in [1.165, 1.54) is 11.5 Å². The van der Waals surface area contributed by atoms with Crippen LogP contribution in [-0.4, -0.2) is 60.0 Å². The van der Waals surface area contributed by atoms with Crippen LogP contribution in [0.3, 0.4) is 0 Å². The molecule has 0 radical (unpaired) electrons. The number of methoxy groups -OCH3 is 1. The highest BCUT2D eigenvalue weighted by Crippen LogP contribution is 2.26. The Morgan fingerprint density at radius 3 is 2.56 bits per heavy atom. The molecule has 0 unspecified atom stereocenters. The molecule has 0 aliphatic carbocycles. The number of amides is 1. The van der Waals surface area contributed by atoms with Crippen LogP contribution in [0.2, 0.25) is 0 Å². The average Bonchev–Trinajstić information content (AvgIpc) is 3.13. The minimum absolute atomic E-state index is 0.0288. The highest BCUT2D eigenvalue weighted by Gasteiger charge is 2.25. The van der Waals surface area contributed by atoms with Gasteiger partial charge in [-0.25, -0.2) is 4.98 Å².